The quantitative estimate of drug-likeness (QED) is 0.685. The van der Waals surface area contributed by atoms with E-state index in [4.69, 9.17) is 0 Å². The van der Waals surface area contributed by atoms with Gasteiger partial charge in [0, 0.05) is 24.7 Å². The maximum Gasteiger partial charge on any atom is 0.0190 e. The molecule has 0 saturated heterocycles. The summed E-state index contributed by atoms with van der Waals surface area (Å²) in [4.78, 5) is 2.51. The monoisotopic (exact) mass is 238 g/mol. The van der Waals surface area contributed by atoms with Crippen LogP contribution in [-0.4, -0.2) is 36.6 Å². The lowest BCUT2D eigenvalue weighted by Crippen LogP contribution is -2.47. The number of hydrogen-bond acceptors (Lipinski definition) is 2. The Labute approximate surface area is 107 Å². The van der Waals surface area contributed by atoms with Crippen molar-refractivity contribution < 1.29 is 0 Å². The van der Waals surface area contributed by atoms with Crippen molar-refractivity contribution in [2.45, 2.75) is 64.0 Å². The molecule has 0 bridgehead atoms. The van der Waals surface area contributed by atoms with Crippen LogP contribution < -0.4 is 5.32 Å². The Morgan fingerprint density at radius 2 is 1.94 bits per heavy atom. The Morgan fingerprint density at radius 3 is 2.41 bits per heavy atom. The summed E-state index contributed by atoms with van der Waals surface area (Å²) in [6.07, 6.45) is 10.2. The van der Waals surface area contributed by atoms with E-state index in [9.17, 15) is 0 Å². The van der Waals surface area contributed by atoms with Gasteiger partial charge in [0.2, 0.25) is 0 Å². The normalized spacial score (nSPS) is 19.8. The largest absolute Gasteiger partial charge is 0.314 e. The van der Waals surface area contributed by atoms with E-state index in [0.29, 0.717) is 11.6 Å². The molecule has 2 heteroatoms. The molecule has 0 aromatic rings. The second-order valence-electron chi connectivity index (χ2n) is 5.72. The molecule has 0 aromatic carbocycles. The van der Waals surface area contributed by atoms with Crippen molar-refractivity contribution in [3.05, 3.63) is 12.7 Å². The molecule has 0 atom stereocenters. The van der Waals surface area contributed by atoms with Gasteiger partial charge >= 0.3 is 0 Å². The molecule has 0 unspecified atom stereocenters. The standard InChI is InChI=1S/C15H30N2/c1-5-12-17(14(2)3)13-11-15(16-4)9-7-6-8-10-15/h5,14,16H,1,6-13H2,2-4H3. The molecule has 1 aliphatic carbocycles. The molecule has 1 N–H and O–H groups in total. The van der Waals surface area contributed by atoms with Crippen LogP contribution >= 0.6 is 0 Å². The summed E-state index contributed by atoms with van der Waals surface area (Å²) in [7, 11) is 2.14. The Morgan fingerprint density at radius 1 is 1.29 bits per heavy atom. The zero-order chi connectivity index (χ0) is 12.7. The summed E-state index contributed by atoms with van der Waals surface area (Å²) in [5, 5.41) is 3.60. The fourth-order valence-electron chi connectivity index (χ4n) is 2.94. The smallest absolute Gasteiger partial charge is 0.0190 e. The van der Waals surface area contributed by atoms with Gasteiger partial charge < -0.3 is 5.32 Å². The lowest BCUT2D eigenvalue weighted by atomic mass is 9.79. The fraction of sp³-hybridized carbons (Fsp3) is 0.867. The summed E-state index contributed by atoms with van der Waals surface area (Å²) in [6, 6.07) is 0.616. The lowest BCUT2D eigenvalue weighted by molar-refractivity contribution is 0.171. The van der Waals surface area contributed by atoms with E-state index < -0.39 is 0 Å². The third kappa shape index (κ3) is 4.44. The maximum atomic E-state index is 3.86. The molecule has 0 heterocycles. The molecule has 1 rings (SSSR count). The van der Waals surface area contributed by atoms with E-state index in [2.05, 4.69) is 37.7 Å². The average Bonchev–Trinajstić information content (AvgIpc) is 2.35. The Balaban J connectivity index is 2.47. The van der Waals surface area contributed by atoms with Crippen molar-refractivity contribution in [3.63, 3.8) is 0 Å². The summed E-state index contributed by atoms with van der Waals surface area (Å²) in [6.45, 7) is 10.6. The first-order valence-electron chi connectivity index (χ1n) is 7.17. The van der Waals surface area contributed by atoms with Gasteiger partial charge in [-0.25, -0.2) is 0 Å². The summed E-state index contributed by atoms with van der Waals surface area (Å²) >= 11 is 0. The SMILES string of the molecule is C=CCN(CCC1(NC)CCCCC1)C(C)C. The van der Waals surface area contributed by atoms with E-state index in [-0.39, 0.29) is 0 Å². The maximum absolute atomic E-state index is 3.86. The number of nitrogens with zero attached hydrogens (tertiary/aromatic N) is 1. The zero-order valence-electron chi connectivity index (χ0n) is 12.0. The molecule has 1 fully saturated rings. The van der Waals surface area contributed by atoms with Gasteiger partial charge in [0.25, 0.3) is 0 Å². The van der Waals surface area contributed by atoms with Crippen molar-refractivity contribution in [3.8, 4) is 0 Å². The van der Waals surface area contributed by atoms with Crippen LogP contribution in [0, 0.1) is 0 Å². The minimum absolute atomic E-state index is 0.409. The lowest BCUT2D eigenvalue weighted by Gasteiger charge is -2.39. The van der Waals surface area contributed by atoms with Crippen molar-refractivity contribution in [2.24, 2.45) is 0 Å². The molecule has 0 aromatic heterocycles. The van der Waals surface area contributed by atoms with Crippen LogP contribution in [0.25, 0.3) is 0 Å². The van der Waals surface area contributed by atoms with Crippen molar-refractivity contribution in [2.75, 3.05) is 20.1 Å². The van der Waals surface area contributed by atoms with Gasteiger partial charge in [0.05, 0.1) is 0 Å². The Bertz CT molecular complexity index is 217. The number of hydrogen-bond donors (Lipinski definition) is 1. The fourth-order valence-corrected chi connectivity index (χ4v) is 2.94. The average molecular weight is 238 g/mol. The van der Waals surface area contributed by atoms with Crippen molar-refractivity contribution >= 4 is 0 Å². The third-order valence-electron chi connectivity index (χ3n) is 4.31. The third-order valence-corrected chi connectivity index (χ3v) is 4.31. The van der Waals surface area contributed by atoms with Crippen molar-refractivity contribution in [1.82, 2.24) is 10.2 Å². The first kappa shape index (κ1) is 14.7. The highest BCUT2D eigenvalue weighted by Gasteiger charge is 2.30. The second-order valence-corrected chi connectivity index (χ2v) is 5.72. The van der Waals surface area contributed by atoms with Crippen LogP contribution in [0.3, 0.4) is 0 Å². The van der Waals surface area contributed by atoms with Gasteiger partial charge in [-0.2, -0.15) is 0 Å². The molecule has 17 heavy (non-hydrogen) atoms. The first-order valence-corrected chi connectivity index (χ1v) is 7.17. The Kier molecular flexibility index (Phi) is 6.21. The molecule has 1 aliphatic rings. The van der Waals surface area contributed by atoms with E-state index >= 15 is 0 Å². The van der Waals surface area contributed by atoms with E-state index in [1.165, 1.54) is 45.1 Å². The van der Waals surface area contributed by atoms with Crippen LogP contribution in [0.2, 0.25) is 0 Å². The predicted molar refractivity (Wildman–Crippen MR) is 76.4 cm³/mol. The van der Waals surface area contributed by atoms with Crippen LogP contribution in [0.15, 0.2) is 12.7 Å². The number of rotatable bonds is 7. The summed E-state index contributed by atoms with van der Waals surface area (Å²) < 4.78 is 0. The molecular formula is C15H30N2. The zero-order valence-corrected chi connectivity index (χ0v) is 12.0. The first-order chi connectivity index (χ1) is 8.13. The number of nitrogens with one attached hydrogen (secondary N) is 1. The van der Waals surface area contributed by atoms with Crippen LogP contribution in [0.5, 0.6) is 0 Å². The molecule has 2 nitrogen and oxygen atoms in total. The minimum Gasteiger partial charge on any atom is -0.314 e. The van der Waals surface area contributed by atoms with E-state index in [1.807, 2.05) is 6.08 Å². The molecule has 0 radical (unpaired) electrons. The van der Waals surface area contributed by atoms with Gasteiger partial charge in [0.1, 0.15) is 0 Å². The van der Waals surface area contributed by atoms with Gasteiger partial charge in [-0.1, -0.05) is 25.3 Å². The Hall–Kier alpha value is -0.340. The van der Waals surface area contributed by atoms with Gasteiger partial charge in [-0.3, -0.25) is 4.90 Å². The summed E-state index contributed by atoms with van der Waals surface area (Å²) in [5.74, 6) is 0. The minimum atomic E-state index is 0.409. The predicted octanol–water partition coefficient (Wildman–Crippen LogP) is 3.20. The van der Waals surface area contributed by atoms with Gasteiger partial charge in [0.15, 0.2) is 0 Å². The molecule has 0 aliphatic heterocycles. The van der Waals surface area contributed by atoms with E-state index in [0.717, 1.165) is 6.54 Å². The van der Waals surface area contributed by atoms with Crippen molar-refractivity contribution in [1.29, 1.82) is 0 Å². The van der Waals surface area contributed by atoms with Gasteiger partial charge in [-0.15, -0.1) is 6.58 Å². The molecular weight excluding hydrogens is 208 g/mol. The van der Waals surface area contributed by atoms with Gasteiger partial charge in [-0.05, 0) is 40.2 Å². The molecule has 100 valence electrons. The highest BCUT2D eigenvalue weighted by Crippen LogP contribution is 2.31. The highest BCUT2D eigenvalue weighted by molar-refractivity contribution is 4.91. The second kappa shape index (κ2) is 7.17. The molecule has 0 spiro atoms. The van der Waals surface area contributed by atoms with Crippen LogP contribution in [0.4, 0.5) is 0 Å². The topological polar surface area (TPSA) is 15.3 Å². The highest BCUT2D eigenvalue weighted by atomic mass is 15.1. The van der Waals surface area contributed by atoms with Crippen LogP contribution in [0.1, 0.15) is 52.4 Å². The molecule has 1 saturated carbocycles. The summed E-state index contributed by atoms with van der Waals surface area (Å²) in [5.41, 5.74) is 0.409. The van der Waals surface area contributed by atoms with E-state index in [1.54, 1.807) is 0 Å². The molecule has 0 amide bonds. The van der Waals surface area contributed by atoms with Crippen LogP contribution in [-0.2, 0) is 0 Å².